The van der Waals surface area contributed by atoms with Crippen molar-refractivity contribution in [3.8, 4) is 12.3 Å². The minimum absolute atomic E-state index is 0.531. The van der Waals surface area contributed by atoms with Gasteiger partial charge in [-0.05, 0) is 12.8 Å². The summed E-state index contributed by atoms with van der Waals surface area (Å²) < 4.78 is 7.21. The van der Waals surface area contributed by atoms with Crippen molar-refractivity contribution in [1.82, 2.24) is 9.78 Å². The van der Waals surface area contributed by atoms with Crippen molar-refractivity contribution >= 4 is 0 Å². The monoisotopic (exact) mass is 204 g/mol. The van der Waals surface area contributed by atoms with E-state index in [-0.39, 0.29) is 0 Å². The summed E-state index contributed by atoms with van der Waals surface area (Å²) in [5, 5.41) is 4.52. The summed E-state index contributed by atoms with van der Waals surface area (Å²) in [5.74, 6) is 3.22. The highest BCUT2D eigenvalue weighted by atomic mass is 16.5. The number of ether oxygens (including phenoxy) is 1. The van der Waals surface area contributed by atoms with E-state index in [1.54, 1.807) is 0 Å². The van der Waals surface area contributed by atoms with Crippen molar-refractivity contribution < 1.29 is 4.74 Å². The maximum Gasteiger partial charge on any atom is 0.0698 e. The molecule has 0 spiro atoms. The first-order valence-corrected chi connectivity index (χ1v) is 5.35. The zero-order valence-corrected chi connectivity index (χ0v) is 9.07. The summed E-state index contributed by atoms with van der Waals surface area (Å²) in [6, 6.07) is 0. The molecule has 15 heavy (non-hydrogen) atoms. The van der Waals surface area contributed by atoms with Crippen LogP contribution < -0.4 is 0 Å². The topological polar surface area (TPSA) is 27.1 Å². The zero-order chi connectivity index (χ0) is 10.7. The molecule has 1 aromatic heterocycles. The largest absolute Gasteiger partial charge is 0.381 e. The third-order valence-corrected chi connectivity index (χ3v) is 2.84. The molecule has 0 radical (unpaired) electrons. The first-order chi connectivity index (χ1) is 7.31. The molecular weight excluding hydrogens is 188 g/mol. The molecule has 1 fully saturated rings. The van der Waals surface area contributed by atoms with Gasteiger partial charge in [0, 0.05) is 44.4 Å². The normalized spacial score (nSPS) is 17.6. The Kier molecular flexibility index (Phi) is 3.08. The number of rotatable bonds is 2. The smallest absolute Gasteiger partial charge is 0.0698 e. The number of nitrogens with zero attached hydrogens (tertiary/aromatic N) is 2. The summed E-state index contributed by atoms with van der Waals surface area (Å²) in [7, 11) is 1.95. The van der Waals surface area contributed by atoms with E-state index < -0.39 is 0 Å². The fraction of sp³-hybridized carbons (Fsp3) is 0.583. The molecule has 2 heterocycles. The number of hydrogen-bond acceptors (Lipinski definition) is 2. The zero-order valence-electron chi connectivity index (χ0n) is 9.07. The van der Waals surface area contributed by atoms with Crippen molar-refractivity contribution in [2.75, 3.05) is 13.2 Å². The molecule has 1 aliphatic heterocycles. The van der Waals surface area contributed by atoms with E-state index in [1.807, 2.05) is 17.9 Å². The van der Waals surface area contributed by atoms with E-state index in [0.29, 0.717) is 12.3 Å². The van der Waals surface area contributed by atoms with Crippen LogP contribution in [0, 0.1) is 12.3 Å². The highest BCUT2D eigenvalue weighted by Crippen LogP contribution is 2.28. The first-order valence-electron chi connectivity index (χ1n) is 5.35. The summed E-state index contributed by atoms with van der Waals surface area (Å²) in [6.45, 7) is 1.69. The van der Waals surface area contributed by atoms with Crippen LogP contribution >= 0.6 is 0 Å². The molecular formula is C12H16N2O. The van der Waals surface area contributed by atoms with E-state index in [1.165, 1.54) is 11.3 Å². The Balaban J connectivity index is 2.21. The fourth-order valence-corrected chi connectivity index (χ4v) is 2.12. The van der Waals surface area contributed by atoms with Crippen LogP contribution in [0.1, 0.15) is 30.0 Å². The lowest BCUT2D eigenvalue weighted by Gasteiger charge is -2.21. The Hall–Kier alpha value is -1.27. The van der Waals surface area contributed by atoms with Crippen LogP contribution in [0.4, 0.5) is 0 Å². The molecule has 0 bridgehead atoms. The Morgan fingerprint density at radius 3 is 3.00 bits per heavy atom. The fourth-order valence-electron chi connectivity index (χ4n) is 2.12. The summed E-state index contributed by atoms with van der Waals surface area (Å²) in [6.07, 6.45) is 10.2. The van der Waals surface area contributed by atoms with E-state index >= 15 is 0 Å². The lowest BCUT2D eigenvalue weighted by molar-refractivity contribution is 0.0842. The Labute approximate surface area is 90.4 Å². The van der Waals surface area contributed by atoms with Gasteiger partial charge in [-0.15, -0.1) is 12.3 Å². The molecule has 0 unspecified atom stereocenters. The molecule has 0 aliphatic carbocycles. The van der Waals surface area contributed by atoms with Gasteiger partial charge in [-0.25, -0.2) is 0 Å². The molecule has 1 aliphatic rings. The molecule has 3 nitrogen and oxygen atoms in total. The van der Waals surface area contributed by atoms with Crippen LogP contribution in [-0.4, -0.2) is 23.0 Å². The molecule has 1 saturated heterocycles. The third kappa shape index (κ3) is 2.21. The van der Waals surface area contributed by atoms with Gasteiger partial charge in [-0.2, -0.15) is 5.10 Å². The van der Waals surface area contributed by atoms with Crippen LogP contribution in [0.5, 0.6) is 0 Å². The molecule has 0 amide bonds. The van der Waals surface area contributed by atoms with E-state index in [9.17, 15) is 0 Å². The standard InChI is InChI=1S/C12H16N2O/c1-3-4-11-9-14(2)13-12(11)10-5-7-15-8-6-10/h1,9-10H,4-8H2,2H3. The number of aromatic nitrogens is 2. The lowest BCUT2D eigenvalue weighted by Crippen LogP contribution is -2.15. The van der Waals surface area contributed by atoms with E-state index in [2.05, 4.69) is 11.0 Å². The van der Waals surface area contributed by atoms with Gasteiger partial charge in [0.2, 0.25) is 0 Å². The van der Waals surface area contributed by atoms with Gasteiger partial charge in [0.15, 0.2) is 0 Å². The molecule has 0 N–H and O–H groups in total. The Morgan fingerprint density at radius 2 is 2.33 bits per heavy atom. The van der Waals surface area contributed by atoms with Crippen molar-refractivity contribution in [2.24, 2.45) is 7.05 Å². The van der Waals surface area contributed by atoms with E-state index in [4.69, 9.17) is 11.2 Å². The predicted molar refractivity (Wildman–Crippen MR) is 58.5 cm³/mol. The van der Waals surface area contributed by atoms with Gasteiger partial charge >= 0.3 is 0 Å². The average Bonchev–Trinajstić information content (AvgIpc) is 2.62. The maximum absolute atomic E-state index is 5.36. The van der Waals surface area contributed by atoms with Crippen LogP contribution in [0.25, 0.3) is 0 Å². The van der Waals surface area contributed by atoms with Crippen LogP contribution in [0.2, 0.25) is 0 Å². The number of hydrogen-bond donors (Lipinski definition) is 0. The minimum Gasteiger partial charge on any atom is -0.381 e. The van der Waals surface area contributed by atoms with Crippen LogP contribution in [-0.2, 0) is 18.2 Å². The Morgan fingerprint density at radius 1 is 1.60 bits per heavy atom. The second-order valence-corrected chi connectivity index (χ2v) is 3.98. The SMILES string of the molecule is C#CCc1cn(C)nc1C1CCOCC1. The van der Waals surface area contributed by atoms with Gasteiger partial charge in [0.05, 0.1) is 5.69 Å². The van der Waals surface area contributed by atoms with Crippen molar-refractivity contribution in [2.45, 2.75) is 25.2 Å². The molecule has 2 rings (SSSR count). The number of terminal acetylenes is 1. The predicted octanol–water partition coefficient (Wildman–Crippen LogP) is 1.49. The quantitative estimate of drug-likeness (QED) is 0.682. The van der Waals surface area contributed by atoms with Crippen molar-refractivity contribution in [1.29, 1.82) is 0 Å². The third-order valence-electron chi connectivity index (χ3n) is 2.84. The first kappa shape index (κ1) is 10.3. The summed E-state index contributed by atoms with van der Waals surface area (Å²) >= 11 is 0. The number of aryl methyl sites for hydroxylation is 1. The molecule has 0 atom stereocenters. The van der Waals surface area contributed by atoms with Crippen LogP contribution in [0.15, 0.2) is 6.20 Å². The second kappa shape index (κ2) is 4.50. The van der Waals surface area contributed by atoms with E-state index in [0.717, 1.165) is 26.1 Å². The summed E-state index contributed by atoms with van der Waals surface area (Å²) in [4.78, 5) is 0. The second-order valence-electron chi connectivity index (χ2n) is 3.98. The van der Waals surface area contributed by atoms with Crippen LogP contribution in [0.3, 0.4) is 0 Å². The lowest BCUT2D eigenvalue weighted by atomic mass is 9.93. The molecule has 80 valence electrons. The molecule has 0 aromatic carbocycles. The van der Waals surface area contributed by atoms with Crippen molar-refractivity contribution in [3.05, 3.63) is 17.5 Å². The van der Waals surface area contributed by atoms with Gasteiger partial charge < -0.3 is 4.74 Å². The van der Waals surface area contributed by atoms with Gasteiger partial charge in [0.1, 0.15) is 0 Å². The Bertz CT molecular complexity index is 369. The highest BCUT2D eigenvalue weighted by Gasteiger charge is 2.21. The maximum atomic E-state index is 5.36. The van der Waals surface area contributed by atoms with Gasteiger partial charge in [-0.3, -0.25) is 4.68 Å². The van der Waals surface area contributed by atoms with Gasteiger partial charge in [0.25, 0.3) is 0 Å². The molecule has 1 aromatic rings. The van der Waals surface area contributed by atoms with Gasteiger partial charge in [-0.1, -0.05) is 0 Å². The minimum atomic E-state index is 0.531. The molecule has 3 heteroatoms. The summed E-state index contributed by atoms with van der Waals surface area (Å²) in [5.41, 5.74) is 2.38. The van der Waals surface area contributed by atoms with Crippen molar-refractivity contribution in [3.63, 3.8) is 0 Å². The molecule has 0 saturated carbocycles. The average molecular weight is 204 g/mol. The highest BCUT2D eigenvalue weighted by molar-refractivity contribution is 5.25.